The van der Waals surface area contributed by atoms with Crippen molar-refractivity contribution in [1.82, 2.24) is 9.62 Å². The largest absolute Gasteiger partial charge is 0.492 e. The van der Waals surface area contributed by atoms with E-state index in [1.54, 1.807) is 12.1 Å². The van der Waals surface area contributed by atoms with Gasteiger partial charge in [-0.15, -0.1) is 0 Å². The number of anilines is 1. The molecule has 1 N–H and O–H groups in total. The van der Waals surface area contributed by atoms with Crippen LogP contribution < -0.4 is 14.4 Å². The van der Waals surface area contributed by atoms with Crippen LogP contribution in [0.4, 0.5) is 10.1 Å². The van der Waals surface area contributed by atoms with Crippen molar-refractivity contribution in [3.05, 3.63) is 60.4 Å². The number of carbonyl (C=O) groups excluding carboxylic acids is 1. The van der Waals surface area contributed by atoms with E-state index in [9.17, 15) is 17.6 Å². The third kappa shape index (κ3) is 5.66. The van der Waals surface area contributed by atoms with Crippen molar-refractivity contribution < 1.29 is 22.3 Å². The van der Waals surface area contributed by atoms with Gasteiger partial charge in [0.1, 0.15) is 24.7 Å². The highest BCUT2D eigenvalue weighted by Crippen LogP contribution is 2.22. The van der Waals surface area contributed by atoms with Gasteiger partial charge in [0.05, 0.1) is 12.2 Å². The number of hydrogen-bond donors (Lipinski definition) is 1. The molecule has 0 fully saturated rings. The number of benzene rings is 2. The van der Waals surface area contributed by atoms with Gasteiger partial charge in [0, 0.05) is 14.1 Å². The summed E-state index contributed by atoms with van der Waals surface area (Å²) in [5.41, 5.74) is -0.193. The number of carbonyl (C=O) groups is 1. The second-order valence-electron chi connectivity index (χ2n) is 5.76. The predicted molar refractivity (Wildman–Crippen MR) is 101 cm³/mol. The molecule has 0 aromatic heterocycles. The van der Waals surface area contributed by atoms with Crippen LogP contribution in [0, 0.1) is 5.82 Å². The van der Waals surface area contributed by atoms with E-state index in [0.717, 1.165) is 14.7 Å². The zero-order valence-corrected chi connectivity index (χ0v) is 15.9. The monoisotopic (exact) mass is 395 g/mol. The molecule has 0 spiro atoms. The first-order valence-electron chi connectivity index (χ1n) is 8.21. The maximum absolute atomic E-state index is 14.1. The van der Waals surface area contributed by atoms with Crippen molar-refractivity contribution in [3.8, 4) is 5.75 Å². The first-order valence-corrected chi connectivity index (χ1v) is 9.61. The van der Waals surface area contributed by atoms with E-state index in [4.69, 9.17) is 4.74 Å². The minimum Gasteiger partial charge on any atom is -0.492 e. The number of ether oxygens (including phenoxy) is 1. The highest BCUT2D eigenvalue weighted by Gasteiger charge is 2.29. The highest BCUT2D eigenvalue weighted by molar-refractivity contribution is 7.90. The van der Waals surface area contributed by atoms with Crippen LogP contribution in [0.25, 0.3) is 0 Å². The zero-order chi connectivity index (χ0) is 19.9. The maximum atomic E-state index is 14.1. The first kappa shape index (κ1) is 20.7. The van der Waals surface area contributed by atoms with Crippen LogP contribution in [-0.2, 0) is 15.0 Å². The predicted octanol–water partition coefficient (Wildman–Crippen LogP) is 1.63. The standard InChI is InChI=1S/C18H22FN3O4S/c1-21(2)27(24,25)22(17-11-7-6-10-16(17)19)14-18(23)20-12-13-26-15-8-4-3-5-9-15/h3-11H,12-14H2,1-2H3,(H,20,23). The average molecular weight is 395 g/mol. The Balaban J connectivity index is 2.00. The van der Waals surface area contributed by atoms with Gasteiger partial charge in [0.2, 0.25) is 5.91 Å². The van der Waals surface area contributed by atoms with Gasteiger partial charge in [-0.25, -0.2) is 8.70 Å². The molecule has 0 unspecified atom stereocenters. The van der Waals surface area contributed by atoms with E-state index in [1.165, 1.54) is 32.3 Å². The molecule has 1 amide bonds. The van der Waals surface area contributed by atoms with Crippen molar-refractivity contribution >= 4 is 21.8 Å². The number of amides is 1. The van der Waals surface area contributed by atoms with E-state index in [1.807, 2.05) is 18.2 Å². The molecule has 0 atom stereocenters. The van der Waals surface area contributed by atoms with Gasteiger partial charge >= 0.3 is 10.2 Å². The molecule has 2 rings (SSSR count). The first-order chi connectivity index (χ1) is 12.8. The number of hydrogen-bond acceptors (Lipinski definition) is 4. The van der Waals surface area contributed by atoms with Crippen molar-refractivity contribution in [3.63, 3.8) is 0 Å². The summed E-state index contributed by atoms with van der Waals surface area (Å²) in [5, 5.41) is 2.57. The second-order valence-corrected chi connectivity index (χ2v) is 7.83. The molecule has 2 aromatic rings. The molecule has 146 valence electrons. The summed E-state index contributed by atoms with van der Waals surface area (Å²) < 4.78 is 46.2. The van der Waals surface area contributed by atoms with Crippen molar-refractivity contribution in [1.29, 1.82) is 0 Å². The Morgan fingerprint density at radius 3 is 2.33 bits per heavy atom. The summed E-state index contributed by atoms with van der Waals surface area (Å²) in [4.78, 5) is 12.2. The Labute approximate surface area is 158 Å². The summed E-state index contributed by atoms with van der Waals surface area (Å²) in [6.45, 7) is -0.149. The molecule has 0 aliphatic heterocycles. The normalized spacial score (nSPS) is 11.3. The SMILES string of the molecule is CN(C)S(=O)(=O)N(CC(=O)NCCOc1ccccc1)c1ccccc1F. The number of nitrogens with zero attached hydrogens (tertiary/aromatic N) is 2. The molecule has 0 bridgehead atoms. The fraction of sp³-hybridized carbons (Fsp3) is 0.278. The smallest absolute Gasteiger partial charge is 0.304 e. The molecule has 0 heterocycles. The molecular formula is C18H22FN3O4S. The highest BCUT2D eigenvalue weighted by atomic mass is 32.2. The van der Waals surface area contributed by atoms with Crippen LogP contribution in [0.15, 0.2) is 54.6 Å². The van der Waals surface area contributed by atoms with Gasteiger partial charge in [-0.2, -0.15) is 12.7 Å². The Bertz CT molecular complexity index is 860. The van der Waals surface area contributed by atoms with Gasteiger partial charge < -0.3 is 10.1 Å². The third-order valence-electron chi connectivity index (χ3n) is 3.58. The Morgan fingerprint density at radius 1 is 1.07 bits per heavy atom. The number of halogens is 1. The van der Waals surface area contributed by atoms with E-state index in [-0.39, 0.29) is 18.8 Å². The van der Waals surface area contributed by atoms with Crippen LogP contribution in [0.1, 0.15) is 0 Å². The molecule has 0 saturated carbocycles. The fourth-order valence-electron chi connectivity index (χ4n) is 2.20. The second kappa shape index (κ2) is 9.33. The molecule has 7 nitrogen and oxygen atoms in total. The number of para-hydroxylation sites is 2. The lowest BCUT2D eigenvalue weighted by atomic mass is 10.3. The molecule has 0 saturated heterocycles. The Hall–Kier alpha value is -2.65. The molecular weight excluding hydrogens is 373 g/mol. The molecule has 0 radical (unpaired) electrons. The van der Waals surface area contributed by atoms with Gasteiger partial charge in [0.25, 0.3) is 0 Å². The molecule has 0 aliphatic rings. The van der Waals surface area contributed by atoms with E-state index >= 15 is 0 Å². The zero-order valence-electron chi connectivity index (χ0n) is 15.1. The van der Waals surface area contributed by atoms with Crippen LogP contribution in [0.5, 0.6) is 5.75 Å². The van der Waals surface area contributed by atoms with Crippen LogP contribution in [0.2, 0.25) is 0 Å². The van der Waals surface area contributed by atoms with Gasteiger partial charge in [-0.3, -0.25) is 4.79 Å². The summed E-state index contributed by atoms with van der Waals surface area (Å²) in [7, 11) is -1.42. The molecule has 2 aromatic carbocycles. The van der Waals surface area contributed by atoms with Gasteiger partial charge in [0.15, 0.2) is 0 Å². The lowest BCUT2D eigenvalue weighted by Gasteiger charge is -2.27. The summed E-state index contributed by atoms with van der Waals surface area (Å²) in [5.74, 6) is -0.640. The Morgan fingerprint density at radius 2 is 1.70 bits per heavy atom. The van der Waals surface area contributed by atoms with Crippen LogP contribution in [0.3, 0.4) is 0 Å². The number of rotatable bonds is 9. The van der Waals surface area contributed by atoms with Crippen molar-refractivity contribution in [2.24, 2.45) is 0 Å². The molecule has 0 aliphatic carbocycles. The summed E-state index contributed by atoms with van der Waals surface area (Å²) >= 11 is 0. The minimum atomic E-state index is -4.05. The Kier molecular flexibility index (Phi) is 7.14. The van der Waals surface area contributed by atoms with Crippen molar-refractivity contribution in [2.45, 2.75) is 0 Å². The third-order valence-corrected chi connectivity index (χ3v) is 5.39. The topological polar surface area (TPSA) is 79.0 Å². The van der Waals surface area contributed by atoms with Crippen molar-refractivity contribution in [2.75, 3.05) is 38.1 Å². The fourth-order valence-corrected chi connectivity index (χ4v) is 3.28. The van der Waals surface area contributed by atoms with Crippen LogP contribution in [-0.4, -0.2) is 52.4 Å². The van der Waals surface area contributed by atoms with Gasteiger partial charge in [-0.1, -0.05) is 30.3 Å². The van der Waals surface area contributed by atoms with Crippen LogP contribution >= 0.6 is 0 Å². The lowest BCUT2D eigenvalue weighted by molar-refractivity contribution is -0.119. The van der Waals surface area contributed by atoms with E-state index in [0.29, 0.717) is 5.75 Å². The summed E-state index contributed by atoms with van der Waals surface area (Å²) in [6, 6.07) is 14.5. The maximum Gasteiger partial charge on any atom is 0.304 e. The summed E-state index contributed by atoms with van der Waals surface area (Å²) in [6.07, 6.45) is 0. The lowest BCUT2D eigenvalue weighted by Crippen LogP contribution is -2.46. The van der Waals surface area contributed by atoms with Gasteiger partial charge in [-0.05, 0) is 24.3 Å². The average Bonchev–Trinajstić information content (AvgIpc) is 2.64. The van der Waals surface area contributed by atoms with E-state index in [2.05, 4.69) is 5.32 Å². The van der Waals surface area contributed by atoms with E-state index < -0.39 is 28.5 Å². The quantitative estimate of drug-likeness (QED) is 0.655. The number of nitrogens with one attached hydrogen (secondary N) is 1. The minimum absolute atomic E-state index is 0.181. The molecule has 9 heteroatoms. The molecule has 27 heavy (non-hydrogen) atoms.